The maximum Gasteiger partial charge on any atom is 0.200 e. The zero-order valence-corrected chi connectivity index (χ0v) is 12.1. The fourth-order valence-electron chi connectivity index (χ4n) is 2.07. The van der Waals surface area contributed by atoms with Gasteiger partial charge >= 0.3 is 0 Å². The SMILES string of the molecule is COc1cc(OC)c(OC)cc1Cn1c(C)cnc1N. The van der Waals surface area contributed by atoms with Crippen molar-refractivity contribution < 1.29 is 14.2 Å². The van der Waals surface area contributed by atoms with Crippen LogP contribution < -0.4 is 19.9 Å². The number of hydrogen-bond donors (Lipinski definition) is 1. The molecule has 0 saturated carbocycles. The monoisotopic (exact) mass is 277 g/mol. The van der Waals surface area contributed by atoms with Crippen LogP contribution in [0.2, 0.25) is 0 Å². The molecule has 0 fully saturated rings. The minimum atomic E-state index is 0.472. The topological polar surface area (TPSA) is 71.5 Å². The summed E-state index contributed by atoms with van der Waals surface area (Å²) < 4.78 is 17.9. The number of nitrogen functional groups attached to an aromatic ring is 1. The maximum absolute atomic E-state index is 5.86. The van der Waals surface area contributed by atoms with Crippen molar-refractivity contribution in [2.75, 3.05) is 27.1 Å². The molecule has 1 heterocycles. The molecular weight excluding hydrogens is 258 g/mol. The fourth-order valence-corrected chi connectivity index (χ4v) is 2.07. The van der Waals surface area contributed by atoms with Crippen molar-refractivity contribution in [3.05, 3.63) is 29.6 Å². The smallest absolute Gasteiger partial charge is 0.200 e. The van der Waals surface area contributed by atoms with Gasteiger partial charge in [-0.3, -0.25) is 0 Å². The van der Waals surface area contributed by atoms with Gasteiger partial charge in [0.15, 0.2) is 11.5 Å². The molecule has 0 unspecified atom stereocenters. The molecule has 108 valence electrons. The Labute approximate surface area is 118 Å². The highest BCUT2D eigenvalue weighted by atomic mass is 16.5. The third kappa shape index (κ3) is 2.49. The molecule has 0 aliphatic rings. The largest absolute Gasteiger partial charge is 0.496 e. The zero-order chi connectivity index (χ0) is 14.7. The van der Waals surface area contributed by atoms with Crippen LogP contribution in [0.3, 0.4) is 0 Å². The van der Waals surface area contributed by atoms with Crippen LogP contribution in [0, 0.1) is 6.92 Å². The highest BCUT2D eigenvalue weighted by Crippen LogP contribution is 2.35. The van der Waals surface area contributed by atoms with E-state index in [4.69, 9.17) is 19.9 Å². The first kappa shape index (κ1) is 14.0. The third-order valence-corrected chi connectivity index (χ3v) is 3.20. The van der Waals surface area contributed by atoms with Crippen molar-refractivity contribution in [3.63, 3.8) is 0 Å². The van der Waals surface area contributed by atoms with Gasteiger partial charge in [-0.15, -0.1) is 0 Å². The minimum absolute atomic E-state index is 0.472. The van der Waals surface area contributed by atoms with Crippen molar-refractivity contribution in [1.82, 2.24) is 9.55 Å². The molecule has 1 aromatic heterocycles. The molecule has 0 spiro atoms. The molecule has 0 atom stereocenters. The average molecular weight is 277 g/mol. The first-order valence-corrected chi connectivity index (χ1v) is 6.17. The Morgan fingerprint density at radius 3 is 2.15 bits per heavy atom. The molecule has 2 N–H and O–H groups in total. The van der Waals surface area contributed by atoms with E-state index in [0.717, 1.165) is 17.0 Å². The van der Waals surface area contributed by atoms with Crippen molar-refractivity contribution >= 4 is 5.95 Å². The summed E-state index contributed by atoms with van der Waals surface area (Å²) in [4.78, 5) is 4.09. The van der Waals surface area contributed by atoms with E-state index in [1.54, 1.807) is 33.6 Å². The number of aryl methyl sites for hydroxylation is 1. The second-order valence-electron chi connectivity index (χ2n) is 4.36. The lowest BCUT2D eigenvalue weighted by molar-refractivity contribution is 0.347. The Kier molecular flexibility index (Phi) is 4.02. The van der Waals surface area contributed by atoms with Gasteiger partial charge in [0, 0.05) is 17.3 Å². The van der Waals surface area contributed by atoms with E-state index in [9.17, 15) is 0 Å². The molecule has 2 rings (SSSR count). The summed E-state index contributed by atoms with van der Waals surface area (Å²) in [6.07, 6.45) is 1.74. The van der Waals surface area contributed by atoms with E-state index in [2.05, 4.69) is 4.98 Å². The second kappa shape index (κ2) is 5.73. The van der Waals surface area contributed by atoms with E-state index in [1.807, 2.05) is 17.6 Å². The van der Waals surface area contributed by atoms with Crippen LogP contribution in [-0.2, 0) is 6.54 Å². The molecule has 0 aliphatic heterocycles. The molecule has 0 aliphatic carbocycles. The summed E-state index contributed by atoms with van der Waals surface area (Å²) >= 11 is 0. The number of imidazole rings is 1. The highest BCUT2D eigenvalue weighted by molar-refractivity contribution is 5.51. The summed E-state index contributed by atoms with van der Waals surface area (Å²) in [5, 5.41) is 0. The van der Waals surface area contributed by atoms with Gasteiger partial charge in [0.2, 0.25) is 5.95 Å². The normalized spacial score (nSPS) is 10.4. The van der Waals surface area contributed by atoms with E-state index in [1.165, 1.54) is 0 Å². The molecule has 0 radical (unpaired) electrons. The van der Waals surface area contributed by atoms with Gasteiger partial charge in [0.25, 0.3) is 0 Å². The number of anilines is 1. The molecule has 6 nitrogen and oxygen atoms in total. The molecule has 2 aromatic rings. The number of nitrogens with two attached hydrogens (primary N) is 1. The summed E-state index contributed by atoms with van der Waals surface area (Å²) in [5.74, 6) is 2.47. The van der Waals surface area contributed by atoms with Gasteiger partial charge in [-0.1, -0.05) is 0 Å². The zero-order valence-electron chi connectivity index (χ0n) is 12.1. The van der Waals surface area contributed by atoms with Crippen molar-refractivity contribution in [2.45, 2.75) is 13.5 Å². The van der Waals surface area contributed by atoms with E-state index in [-0.39, 0.29) is 0 Å². The van der Waals surface area contributed by atoms with Crippen LogP contribution in [0.15, 0.2) is 18.3 Å². The first-order chi connectivity index (χ1) is 9.60. The summed E-state index contributed by atoms with van der Waals surface area (Å²) in [7, 11) is 4.81. The Balaban J connectivity index is 2.45. The van der Waals surface area contributed by atoms with Gasteiger partial charge < -0.3 is 24.5 Å². The number of methoxy groups -OCH3 is 3. The lowest BCUT2D eigenvalue weighted by atomic mass is 10.1. The van der Waals surface area contributed by atoms with Gasteiger partial charge in [-0.2, -0.15) is 0 Å². The Morgan fingerprint density at radius 2 is 1.65 bits per heavy atom. The second-order valence-corrected chi connectivity index (χ2v) is 4.36. The number of aromatic nitrogens is 2. The molecular formula is C14H19N3O3. The molecule has 1 aromatic carbocycles. The number of hydrogen-bond acceptors (Lipinski definition) is 5. The lowest BCUT2D eigenvalue weighted by Gasteiger charge is -2.15. The van der Waals surface area contributed by atoms with E-state index >= 15 is 0 Å². The number of benzene rings is 1. The minimum Gasteiger partial charge on any atom is -0.496 e. The Bertz CT molecular complexity index is 588. The molecule has 0 saturated heterocycles. The highest BCUT2D eigenvalue weighted by Gasteiger charge is 2.14. The summed E-state index contributed by atoms with van der Waals surface area (Å²) in [6, 6.07) is 3.69. The predicted molar refractivity (Wildman–Crippen MR) is 76.6 cm³/mol. The third-order valence-electron chi connectivity index (χ3n) is 3.20. The quantitative estimate of drug-likeness (QED) is 0.903. The van der Waals surface area contributed by atoms with Crippen LogP contribution in [0.5, 0.6) is 17.2 Å². The van der Waals surface area contributed by atoms with Crippen molar-refractivity contribution in [2.24, 2.45) is 0 Å². The summed E-state index contributed by atoms with van der Waals surface area (Å²) in [5.41, 5.74) is 7.79. The van der Waals surface area contributed by atoms with Crippen LogP contribution >= 0.6 is 0 Å². The van der Waals surface area contributed by atoms with E-state index in [0.29, 0.717) is 24.0 Å². The van der Waals surface area contributed by atoms with Gasteiger partial charge in [0.05, 0.1) is 34.1 Å². The number of ether oxygens (including phenoxy) is 3. The van der Waals surface area contributed by atoms with Crippen LogP contribution in [0.4, 0.5) is 5.95 Å². The van der Waals surface area contributed by atoms with Gasteiger partial charge in [-0.05, 0) is 13.0 Å². The Morgan fingerprint density at radius 1 is 1.05 bits per heavy atom. The number of nitrogens with zero attached hydrogens (tertiary/aromatic N) is 2. The van der Waals surface area contributed by atoms with Crippen molar-refractivity contribution in [1.29, 1.82) is 0 Å². The van der Waals surface area contributed by atoms with Crippen LogP contribution in [0.25, 0.3) is 0 Å². The molecule has 20 heavy (non-hydrogen) atoms. The first-order valence-electron chi connectivity index (χ1n) is 6.17. The van der Waals surface area contributed by atoms with Crippen molar-refractivity contribution in [3.8, 4) is 17.2 Å². The average Bonchev–Trinajstić information content (AvgIpc) is 2.78. The molecule has 0 amide bonds. The fraction of sp³-hybridized carbons (Fsp3) is 0.357. The van der Waals surface area contributed by atoms with Gasteiger partial charge in [-0.25, -0.2) is 4.98 Å². The lowest BCUT2D eigenvalue weighted by Crippen LogP contribution is -2.08. The Hall–Kier alpha value is -2.37. The number of rotatable bonds is 5. The standard InChI is InChI=1S/C14H19N3O3/c1-9-7-16-14(15)17(9)8-10-5-12(19-3)13(20-4)6-11(10)18-2/h5-7H,8H2,1-4H3,(H2,15,16). The maximum atomic E-state index is 5.86. The van der Waals surface area contributed by atoms with Crippen LogP contribution in [-0.4, -0.2) is 30.9 Å². The predicted octanol–water partition coefficient (Wildman–Crippen LogP) is 1.85. The van der Waals surface area contributed by atoms with Gasteiger partial charge in [0.1, 0.15) is 5.75 Å². The molecule has 6 heteroatoms. The van der Waals surface area contributed by atoms with E-state index < -0.39 is 0 Å². The van der Waals surface area contributed by atoms with Crippen LogP contribution in [0.1, 0.15) is 11.3 Å². The molecule has 0 bridgehead atoms. The summed E-state index contributed by atoms with van der Waals surface area (Å²) in [6.45, 7) is 2.51.